The van der Waals surface area contributed by atoms with Crippen molar-refractivity contribution in [1.82, 2.24) is 0 Å². The molecule has 9 aromatic rings. The van der Waals surface area contributed by atoms with Crippen molar-refractivity contribution in [2.75, 3.05) is 14.7 Å². The Morgan fingerprint density at radius 2 is 0.917 bits per heavy atom. The summed E-state index contributed by atoms with van der Waals surface area (Å²) in [5.41, 5.74) is 19.1. The number of hydrogen-bond donors (Lipinski definition) is 0. The quantitative estimate of drug-likeness (QED) is 0.159. The molecule has 9 aromatic carbocycles. The van der Waals surface area contributed by atoms with Crippen LogP contribution in [0.15, 0.2) is 194 Å². The lowest BCUT2D eigenvalue weighted by molar-refractivity contribution is 0.590. The van der Waals surface area contributed by atoms with Crippen molar-refractivity contribution >= 4 is 74.3 Å². The van der Waals surface area contributed by atoms with Crippen LogP contribution >= 0.6 is 0 Å². The van der Waals surface area contributed by atoms with E-state index in [1.165, 1.54) is 43.8 Å². The maximum absolute atomic E-state index is 9.38. The summed E-state index contributed by atoms with van der Waals surface area (Å²) in [5, 5.41) is 0. The lowest BCUT2D eigenvalue weighted by atomic mass is 9.33. The van der Waals surface area contributed by atoms with Gasteiger partial charge in [0.05, 0.1) is 13.7 Å². The number of hydrogen-bond acceptors (Lipinski definition) is 3. The summed E-state index contributed by atoms with van der Waals surface area (Å²) in [6.07, 6.45) is 0. The van der Waals surface area contributed by atoms with E-state index in [-0.39, 0.29) is 38.7 Å². The fraction of sp³-hybridized carbons (Fsp3) is 0.206. The highest BCUT2D eigenvalue weighted by Gasteiger charge is 2.47. The first-order valence-electron chi connectivity index (χ1n) is 30.1. The van der Waals surface area contributed by atoms with Gasteiger partial charge in [0.1, 0.15) is 0 Å². The van der Waals surface area contributed by atoms with Crippen LogP contribution in [0.3, 0.4) is 0 Å². The molecular weight excluding hydrogens is 870 g/mol. The summed E-state index contributed by atoms with van der Waals surface area (Å²) in [4.78, 5) is 6.02. The minimum Gasteiger partial charge on any atom is -0.311 e. The SMILES string of the molecule is [2H]c1c([2H])c([2H])c(N(c2ccc3c(c2)N(c2ccc(C(C)(C)C)cc2)c2cc(C(C)(C)C)cc4c2B3c2cc3c(cc2N4c2ccc4c(c2)C(C)(C)c2ccccc2-4)C(C)(C)c2ccccc2-3)c2c([2H])c([2H])c([2H])c([2H])c2[2H])c([2H])c1[2H]. The lowest BCUT2D eigenvalue weighted by Gasteiger charge is -2.46. The van der Waals surface area contributed by atoms with Crippen LogP contribution in [0.1, 0.15) is 116 Å². The summed E-state index contributed by atoms with van der Waals surface area (Å²) in [5.74, 6) is 0. The second-order valence-electron chi connectivity index (χ2n) is 23.1. The van der Waals surface area contributed by atoms with E-state index >= 15 is 0 Å². The van der Waals surface area contributed by atoms with Gasteiger partial charge in [0.2, 0.25) is 0 Å². The van der Waals surface area contributed by atoms with Crippen LogP contribution in [-0.4, -0.2) is 6.71 Å². The van der Waals surface area contributed by atoms with Crippen molar-refractivity contribution < 1.29 is 13.7 Å². The second kappa shape index (κ2) is 15.5. The van der Waals surface area contributed by atoms with Crippen molar-refractivity contribution in [3.63, 3.8) is 0 Å². The maximum Gasteiger partial charge on any atom is 0.252 e. The van der Waals surface area contributed by atoms with Gasteiger partial charge in [-0.2, -0.15) is 0 Å². The molecule has 0 unspecified atom stereocenters. The summed E-state index contributed by atoms with van der Waals surface area (Å²) in [6.45, 7) is 22.1. The topological polar surface area (TPSA) is 9.72 Å². The molecule has 2 aliphatic heterocycles. The largest absolute Gasteiger partial charge is 0.311 e. The molecule has 0 saturated heterocycles. The summed E-state index contributed by atoms with van der Waals surface area (Å²) >= 11 is 0. The molecule has 0 bridgehead atoms. The minimum absolute atomic E-state index is 0.167. The average molecular weight is 942 g/mol. The van der Waals surface area contributed by atoms with Gasteiger partial charge in [-0.15, -0.1) is 0 Å². The van der Waals surface area contributed by atoms with E-state index in [9.17, 15) is 5.48 Å². The first-order valence-corrected chi connectivity index (χ1v) is 25.1. The van der Waals surface area contributed by atoms with Gasteiger partial charge in [0.15, 0.2) is 0 Å². The maximum atomic E-state index is 9.38. The van der Waals surface area contributed by atoms with Crippen LogP contribution in [0.4, 0.5) is 51.2 Å². The van der Waals surface area contributed by atoms with E-state index in [1.807, 2.05) is 12.1 Å². The molecule has 0 spiro atoms. The predicted octanol–water partition coefficient (Wildman–Crippen LogP) is 16.4. The molecule has 0 N–H and O–H groups in total. The Morgan fingerprint density at radius 3 is 1.50 bits per heavy atom. The highest BCUT2D eigenvalue weighted by Crippen LogP contribution is 2.55. The average Bonchev–Trinajstić information content (AvgIpc) is 2.50. The van der Waals surface area contributed by atoms with E-state index in [4.69, 9.17) is 8.22 Å². The van der Waals surface area contributed by atoms with Crippen LogP contribution in [0, 0.1) is 0 Å². The van der Waals surface area contributed by atoms with E-state index in [1.54, 1.807) is 6.07 Å². The number of para-hydroxylation sites is 2. The molecule has 2 aliphatic carbocycles. The van der Waals surface area contributed by atoms with Crippen molar-refractivity contribution in [3.8, 4) is 22.3 Å². The summed E-state index contributed by atoms with van der Waals surface area (Å²) in [7, 11) is 0. The molecule has 352 valence electrons. The van der Waals surface area contributed by atoms with Crippen LogP contribution in [0.25, 0.3) is 22.3 Å². The zero-order valence-electron chi connectivity index (χ0n) is 52.6. The predicted molar refractivity (Wildman–Crippen MR) is 308 cm³/mol. The molecule has 3 nitrogen and oxygen atoms in total. The Labute approximate surface area is 441 Å². The zero-order valence-corrected chi connectivity index (χ0v) is 42.6. The second-order valence-corrected chi connectivity index (χ2v) is 23.1. The molecule has 4 heteroatoms. The Kier molecular flexibility index (Phi) is 7.46. The Hall–Kier alpha value is -7.56. The van der Waals surface area contributed by atoms with Crippen molar-refractivity contribution in [1.29, 1.82) is 0 Å². The number of anilines is 9. The molecule has 0 radical (unpaired) electrons. The highest BCUT2D eigenvalue weighted by molar-refractivity contribution is 7.00. The van der Waals surface area contributed by atoms with E-state index in [2.05, 4.69) is 194 Å². The molecule has 0 amide bonds. The van der Waals surface area contributed by atoms with Gasteiger partial charge in [-0.1, -0.05) is 184 Å². The molecule has 13 rings (SSSR count). The molecule has 2 heterocycles. The monoisotopic (exact) mass is 942 g/mol. The van der Waals surface area contributed by atoms with Crippen molar-refractivity contribution in [3.05, 3.63) is 227 Å². The minimum atomic E-state index is -0.625. The number of nitrogens with zero attached hydrogens (tertiary/aromatic N) is 3. The lowest BCUT2D eigenvalue weighted by Crippen LogP contribution is -2.61. The summed E-state index contributed by atoms with van der Waals surface area (Å²) in [6, 6.07) is 42.1. The smallest absolute Gasteiger partial charge is 0.252 e. The van der Waals surface area contributed by atoms with Gasteiger partial charge < -0.3 is 14.7 Å². The zero-order chi connectivity index (χ0) is 58.3. The van der Waals surface area contributed by atoms with Gasteiger partial charge in [0.25, 0.3) is 6.71 Å². The third-order valence-corrected chi connectivity index (χ3v) is 16.1. The summed E-state index contributed by atoms with van der Waals surface area (Å²) < 4.78 is 90.2. The molecule has 4 aliphatic rings. The van der Waals surface area contributed by atoms with E-state index in [0.29, 0.717) is 5.69 Å². The highest BCUT2D eigenvalue weighted by atomic mass is 15.2. The third-order valence-electron chi connectivity index (χ3n) is 16.1. The Morgan fingerprint density at radius 1 is 0.417 bits per heavy atom. The van der Waals surface area contributed by atoms with Crippen LogP contribution < -0.4 is 31.1 Å². The molecule has 0 saturated carbocycles. The van der Waals surface area contributed by atoms with Gasteiger partial charge in [-0.3, -0.25) is 0 Å². The third kappa shape index (κ3) is 6.50. The van der Waals surface area contributed by atoms with Gasteiger partial charge in [-0.05, 0) is 162 Å². The first kappa shape index (κ1) is 34.7. The number of rotatable bonds is 5. The van der Waals surface area contributed by atoms with Gasteiger partial charge in [0, 0.05) is 62.0 Å². The van der Waals surface area contributed by atoms with Crippen molar-refractivity contribution in [2.24, 2.45) is 0 Å². The van der Waals surface area contributed by atoms with Crippen LogP contribution in [-0.2, 0) is 21.7 Å². The molecule has 0 atom stereocenters. The normalized spacial score (nSPS) is 17.2. The number of benzene rings is 9. The van der Waals surface area contributed by atoms with Gasteiger partial charge >= 0.3 is 0 Å². The standard InChI is InChI=1S/C68H62BN3/c1-65(2,3)43-29-31-47(32-30-43)71-60-40-49(70(45-21-13-11-14-22-45)46-23-15-12-16-24-46)34-36-58(60)69-59-41-53-51-26-18-20-28-55(51)68(9,10)57(53)42-61(59)72(63-38-44(66(4,5)6)37-62(71)64(63)69)48-33-35-52-50-25-17-19-27-54(50)67(7,8)56(52)39-48/h11-42H,1-10H3/i11D,12D,13D,14D,15D,16D,21D,22D,23D,24D. The van der Waals surface area contributed by atoms with E-state index < -0.39 is 67.1 Å². The Balaban J connectivity index is 1.16. The molecule has 0 fully saturated rings. The fourth-order valence-corrected chi connectivity index (χ4v) is 12.3. The molecule has 72 heavy (non-hydrogen) atoms. The fourth-order valence-electron chi connectivity index (χ4n) is 12.3. The molecular formula is C68H62BN3. The van der Waals surface area contributed by atoms with Gasteiger partial charge in [-0.25, -0.2) is 0 Å². The molecule has 0 aromatic heterocycles. The van der Waals surface area contributed by atoms with Crippen LogP contribution in [0.5, 0.6) is 0 Å². The van der Waals surface area contributed by atoms with Crippen molar-refractivity contribution in [2.45, 2.75) is 90.9 Å². The first-order chi connectivity index (χ1) is 38.6. The number of fused-ring (bicyclic) bond motifs is 10. The van der Waals surface area contributed by atoms with Crippen LogP contribution in [0.2, 0.25) is 0 Å². The van der Waals surface area contributed by atoms with E-state index in [0.717, 1.165) is 61.5 Å². The Bertz CT molecular complexity index is 4160.